The van der Waals surface area contributed by atoms with Crippen molar-refractivity contribution < 1.29 is 24.2 Å². The third-order valence-corrected chi connectivity index (χ3v) is 4.91. The first-order valence-corrected chi connectivity index (χ1v) is 9.51. The molecule has 0 radical (unpaired) electrons. The van der Waals surface area contributed by atoms with E-state index in [1.807, 2.05) is 31.4 Å². The molecule has 2 aromatic carbocycles. The Kier molecular flexibility index (Phi) is 7.12. The fourth-order valence-electron chi connectivity index (χ4n) is 2.71. The van der Waals surface area contributed by atoms with Crippen LogP contribution in [-0.2, 0) is 4.79 Å². The summed E-state index contributed by atoms with van der Waals surface area (Å²) < 4.78 is 10.5. The van der Waals surface area contributed by atoms with E-state index in [4.69, 9.17) is 9.47 Å². The smallest absolute Gasteiger partial charge is 0.305 e. The largest absolute Gasteiger partial charge is 0.493 e. The van der Waals surface area contributed by atoms with Crippen LogP contribution in [-0.4, -0.2) is 37.5 Å². The highest BCUT2D eigenvalue weighted by Crippen LogP contribution is 2.31. The van der Waals surface area contributed by atoms with Crippen molar-refractivity contribution in [2.75, 3.05) is 20.5 Å². The number of nitrogens with one attached hydrogen (secondary N) is 1. The number of carbonyl (C=O) groups excluding carboxylic acids is 1. The molecule has 1 atom stereocenters. The van der Waals surface area contributed by atoms with Crippen LogP contribution in [0.5, 0.6) is 11.5 Å². The number of carboxylic acid groups (broad SMARTS) is 1. The molecule has 0 aliphatic rings. The maximum absolute atomic E-state index is 12.8. The second-order valence-corrected chi connectivity index (χ2v) is 6.80. The van der Waals surface area contributed by atoms with Gasteiger partial charge in [-0.15, -0.1) is 11.8 Å². The van der Waals surface area contributed by atoms with Crippen LogP contribution in [0.1, 0.15) is 33.9 Å². The number of aryl methyl sites for hydroxylation is 1. The van der Waals surface area contributed by atoms with Gasteiger partial charge in [0.2, 0.25) is 0 Å². The van der Waals surface area contributed by atoms with E-state index in [2.05, 4.69) is 5.32 Å². The molecular formula is C20H23NO5S. The number of rotatable bonds is 8. The molecule has 1 amide bonds. The molecule has 2 rings (SSSR count). The number of hydrogen-bond donors (Lipinski definition) is 2. The summed E-state index contributed by atoms with van der Waals surface area (Å²) in [6, 6.07) is 10.0. The highest BCUT2D eigenvalue weighted by Gasteiger charge is 2.21. The van der Waals surface area contributed by atoms with Crippen molar-refractivity contribution in [1.82, 2.24) is 5.32 Å². The summed E-state index contributed by atoms with van der Waals surface area (Å²) in [6.45, 7) is 1.85. The number of hydrogen-bond acceptors (Lipinski definition) is 5. The third kappa shape index (κ3) is 5.17. The Morgan fingerprint density at radius 1 is 1.11 bits per heavy atom. The SMILES string of the molecule is COc1ccc(C(CC(=O)O)NC(=O)c2cc(SC)ccc2C)cc1OC. The molecule has 2 N–H and O–H groups in total. The molecule has 6 nitrogen and oxygen atoms in total. The van der Waals surface area contributed by atoms with E-state index in [-0.39, 0.29) is 12.3 Å². The van der Waals surface area contributed by atoms with E-state index >= 15 is 0 Å². The van der Waals surface area contributed by atoms with Crippen LogP contribution < -0.4 is 14.8 Å². The first kappa shape index (κ1) is 20.6. The van der Waals surface area contributed by atoms with E-state index in [0.29, 0.717) is 22.6 Å². The maximum Gasteiger partial charge on any atom is 0.305 e. The van der Waals surface area contributed by atoms with Crippen LogP contribution in [0.3, 0.4) is 0 Å². The van der Waals surface area contributed by atoms with Crippen LogP contribution in [0.4, 0.5) is 0 Å². The minimum atomic E-state index is -1.01. The summed E-state index contributed by atoms with van der Waals surface area (Å²) in [7, 11) is 3.03. The van der Waals surface area contributed by atoms with Gasteiger partial charge in [0.1, 0.15) is 0 Å². The second-order valence-electron chi connectivity index (χ2n) is 5.92. The van der Waals surface area contributed by atoms with Gasteiger partial charge in [-0.3, -0.25) is 9.59 Å². The quantitative estimate of drug-likeness (QED) is 0.670. The van der Waals surface area contributed by atoms with Gasteiger partial charge < -0.3 is 19.9 Å². The molecule has 0 aromatic heterocycles. The lowest BCUT2D eigenvalue weighted by Crippen LogP contribution is -2.30. The zero-order valence-electron chi connectivity index (χ0n) is 15.7. The number of methoxy groups -OCH3 is 2. The third-order valence-electron chi connectivity index (χ3n) is 4.18. The Labute approximate surface area is 162 Å². The minimum Gasteiger partial charge on any atom is -0.493 e. The van der Waals surface area contributed by atoms with E-state index < -0.39 is 12.0 Å². The normalized spacial score (nSPS) is 11.6. The molecule has 0 aliphatic carbocycles. The number of benzene rings is 2. The topological polar surface area (TPSA) is 84.9 Å². The number of amides is 1. The molecule has 0 fully saturated rings. The summed E-state index contributed by atoms with van der Waals surface area (Å²) in [5.41, 5.74) is 1.98. The van der Waals surface area contributed by atoms with Crippen molar-refractivity contribution in [3.05, 3.63) is 53.1 Å². The maximum atomic E-state index is 12.8. The van der Waals surface area contributed by atoms with Crippen molar-refractivity contribution in [3.8, 4) is 11.5 Å². The standard InChI is InChI=1S/C20H23NO5S/c1-12-5-7-14(27-4)10-15(12)20(24)21-16(11-19(22)23)13-6-8-17(25-2)18(9-13)26-3/h5-10,16H,11H2,1-4H3,(H,21,24)(H,22,23). The molecule has 2 aromatic rings. The van der Waals surface area contributed by atoms with E-state index in [0.717, 1.165) is 10.5 Å². The first-order valence-electron chi connectivity index (χ1n) is 8.28. The van der Waals surface area contributed by atoms with Gasteiger partial charge >= 0.3 is 5.97 Å². The lowest BCUT2D eigenvalue weighted by Gasteiger charge is -2.20. The number of carbonyl (C=O) groups is 2. The molecule has 0 heterocycles. The van der Waals surface area contributed by atoms with Gasteiger partial charge in [-0.2, -0.15) is 0 Å². The second kappa shape index (κ2) is 9.32. The number of aliphatic carboxylic acids is 1. The lowest BCUT2D eigenvalue weighted by atomic mass is 10.0. The average molecular weight is 389 g/mol. The van der Waals surface area contributed by atoms with Crippen molar-refractivity contribution in [2.24, 2.45) is 0 Å². The van der Waals surface area contributed by atoms with Crippen molar-refractivity contribution in [1.29, 1.82) is 0 Å². The summed E-state index contributed by atoms with van der Waals surface area (Å²) >= 11 is 1.54. The lowest BCUT2D eigenvalue weighted by molar-refractivity contribution is -0.137. The Hall–Kier alpha value is -2.67. The van der Waals surface area contributed by atoms with Crippen LogP contribution >= 0.6 is 11.8 Å². The van der Waals surface area contributed by atoms with Gasteiger partial charge in [-0.05, 0) is 48.6 Å². The van der Waals surface area contributed by atoms with Crippen LogP contribution in [0.25, 0.3) is 0 Å². The Balaban J connectivity index is 2.35. The molecule has 144 valence electrons. The Morgan fingerprint density at radius 3 is 2.41 bits per heavy atom. The summed E-state index contributed by atoms with van der Waals surface area (Å²) in [5, 5.41) is 12.1. The molecule has 1 unspecified atom stereocenters. The van der Waals surface area contributed by atoms with Gasteiger partial charge in [0.15, 0.2) is 11.5 Å². The number of ether oxygens (including phenoxy) is 2. The molecular weight excluding hydrogens is 366 g/mol. The van der Waals surface area contributed by atoms with Crippen LogP contribution in [0.15, 0.2) is 41.3 Å². The van der Waals surface area contributed by atoms with E-state index in [1.165, 1.54) is 26.0 Å². The molecule has 0 aliphatic heterocycles. The summed E-state index contributed by atoms with van der Waals surface area (Å²) in [6.07, 6.45) is 1.69. The molecule has 27 heavy (non-hydrogen) atoms. The molecule has 7 heteroatoms. The highest BCUT2D eigenvalue weighted by atomic mass is 32.2. The Bertz CT molecular complexity index is 837. The van der Waals surface area contributed by atoms with E-state index in [1.54, 1.807) is 18.2 Å². The number of thioether (sulfide) groups is 1. The average Bonchev–Trinajstić information content (AvgIpc) is 2.66. The monoisotopic (exact) mass is 389 g/mol. The zero-order chi connectivity index (χ0) is 20.0. The number of carboxylic acids is 1. The predicted octanol–water partition coefficient (Wildman–Crippen LogP) is 3.68. The van der Waals surface area contributed by atoms with Gasteiger partial charge in [0, 0.05) is 10.5 Å². The fraction of sp³-hybridized carbons (Fsp3) is 0.300. The molecule has 0 spiro atoms. The van der Waals surface area contributed by atoms with Crippen molar-refractivity contribution >= 4 is 23.6 Å². The summed E-state index contributed by atoms with van der Waals surface area (Å²) in [5.74, 6) is -0.320. The summed E-state index contributed by atoms with van der Waals surface area (Å²) in [4.78, 5) is 25.1. The van der Waals surface area contributed by atoms with Gasteiger partial charge in [0.05, 0.1) is 26.7 Å². The molecule has 0 bridgehead atoms. The van der Waals surface area contributed by atoms with Gasteiger partial charge in [-0.1, -0.05) is 12.1 Å². The molecule has 0 saturated carbocycles. The fourth-order valence-corrected chi connectivity index (χ4v) is 3.14. The molecule has 0 saturated heterocycles. The van der Waals surface area contributed by atoms with Crippen LogP contribution in [0.2, 0.25) is 0 Å². The minimum absolute atomic E-state index is 0.248. The Morgan fingerprint density at radius 2 is 1.81 bits per heavy atom. The van der Waals surface area contributed by atoms with E-state index in [9.17, 15) is 14.7 Å². The predicted molar refractivity (Wildman–Crippen MR) is 105 cm³/mol. The van der Waals surface area contributed by atoms with Gasteiger partial charge in [0.25, 0.3) is 5.91 Å². The van der Waals surface area contributed by atoms with Gasteiger partial charge in [-0.25, -0.2) is 0 Å². The highest BCUT2D eigenvalue weighted by molar-refractivity contribution is 7.98. The van der Waals surface area contributed by atoms with Crippen molar-refractivity contribution in [2.45, 2.75) is 24.3 Å². The first-order chi connectivity index (χ1) is 12.9. The van der Waals surface area contributed by atoms with Crippen LogP contribution in [0, 0.1) is 6.92 Å². The van der Waals surface area contributed by atoms with Crippen molar-refractivity contribution in [3.63, 3.8) is 0 Å². The zero-order valence-corrected chi connectivity index (χ0v) is 16.6.